The number of carbonyl (C=O) groups is 1. The van der Waals surface area contributed by atoms with E-state index in [1.807, 2.05) is 29.0 Å². The highest BCUT2D eigenvalue weighted by atomic mass is 32.2. The van der Waals surface area contributed by atoms with Crippen LogP contribution in [0, 0.1) is 5.92 Å². The van der Waals surface area contributed by atoms with Crippen molar-refractivity contribution in [3.8, 4) is 0 Å². The largest absolute Gasteiger partial charge is 0.273 e. The van der Waals surface area contributed by atoms with E-state index in [0.717, 1.165) is 23.8 Å². The van der Waals surface area contributed by atoms with Gasteiger partial charge in [-0.25, -0.2) is 8.42 Å². The molecule has 1 N–H and O–H groups in total. The summed E-state index contributed by atoms with van der Waals surface area (Å²) in [6.07, 6.45) is 1.85. The van der Waals surface area contributed by atoms with Crippen LogP contribution in [0.25, 0.3) is 0 Å². The van der Waals surface area contributed by atoms with Crippen molar-refractivity contribution in [1.29, 1.82) is 0 Å². The molecule has 19 heavy (non-hydrogen) atoms. The highest BCUT2D eigenvalue weighted by Gasteiger charge is 2.20. The van der Waals surface area contributed by atoms with Gasteiger partial charge < -0.3 is 0 Å². The van der Waals surface area contributed by atoms with E-state index in [1.54, 1.807) is 6.92 Å². The summed E-state index contributed by atoms with van der Waals surface area (Å²) >= 11 is 0. The van der Waals surface area contributed by atoms with Crippen LogP contribution in [0.1, 0.15) is 37.8 Å². The van der Waals surface area contributed by atoms with E-state index >= 15 is 0 Å². The third-order valence-electron chi connectivity index (χ3n) is 2.83. The van der Waals surface area contributed by atoms with Crippen LogP contribution in [0.4, 0.5) is 0 Å². The Labute approximate surface area is 115 Å². The molecule has 1 amide bonds. The predicted octanol–water partition coefficient (Wildman–Crippen LogP) is 2.06. The van der Waals surface area contributed by atoms with E-state index < -0.39 is 21.8 Å². The molecule has 0 aliphatic heterocycles. The van der Waals surface area contributed by atoms with E-state index in [9.17, 15) is 13.2 Å². The fourth-order valence-corrected chi connectivity index (χ4v) is 2.54. The maximum atomic E-state index is 11.9. The SMILES string of the molecule is CC(C)Cc1ccccc1[C@@H](C)C(=O)NS(C)(=O)=O. The number of hydrogen-bond acceptors (Lipinski definition) is 3. The van der Waals surface area contributed by atoms with Crippen molar-refractivity contribution >= 4 is 15.9 Å². The Morgan fingerprint density at radius 1 is 1.21 bits per heavy atom. The van der Waals surface area contributed by atoms with E-state index in [2.05, 4.69) is 13.8 Å². The molecule has 1 atom stereocenters. The van der Waals surface area contributed by atoms with Crippen LogP contribution in [0.5, 0.6) is 0 Å². The fraction of sp³-hybridized carbons (Fsp3) is 0.500. The lowest BCUT2D eigenvalue weighted by Gasteiger charge is -2.17. The van der Waals surface area contributed by atoms with Gasteiger partial charge in [-0.3, -0.25) is 9.52 Å². The second-order valence-corrected chi connectivity index (χ2v) is 7.01. The maximum absolute atomic E-state index is 11.9. The Bertz CT molecular complexity index is 550. The summed E-state index contributed by atoms with van der Waals surface area (Å²) in [5.74, 6) is -0.491. The molecular weight excluding hydrogens is 262 g/mol. The number of hydrogen-bond donors (Lipinski definition) is 1. The highest BCUT2D eigenvalue weighted by molar-refractivity contribution is 7.89. The van der Waals surface area contributed by atoms with Crippen molar-refractivity contribution < 1.29 is 13.2 Å². The van der Waals surface area contributed by atoms with Crippen molar-refractivity contribution in [3.05, 3.63) is 35.4 Å². The lowest BCUT2D eigenvalue weighted by Crippen LogP contribution is -2.33. The van der Waals surface area contributed by atoms with Gasteiger partial charge in [-0.15, -0.1) is 0 Å². The number of nitrogens with one attached hydrogen (secondary N) is 1. The third-order valence-corrected chi connectivity index (χ3v) is 3.40. The molecular formula is C14H21NO3S. The second kappa shape index (κ2) is 6.19. The molecule has 0 fully saturated rings. The molecule has 0 aliphatic carbocycles. The van der Waals surface area contributed by atoms with Crippen molar-refractivity contribution in [3.63, 3.8) is 0 Å². The summed E-state index contributed by atoms with van der Waals surface area (Å²) in [6.45, 7) is 5.94. The molecule has 0 aromatic heterocycles. The summed E-state index contributed by atoms with van der Waals surface area (Å²) in [7, 11) is -3.51. The van der Waals surface area contributed by atoms with Crippen LogP contribution >= 0.6 is 0 Å². The Morgan fingerprint density at radius 3 is 2.32 bits per heavy atom. The topological polar surface area (TPSA) is 63.2 Å². The third kappa shape index (κ3) is 5.03. The zero-order valence-electron chi connectivity index (χ0n) is 11.8. The standard InChI is InChI=1S/C14H21NO3S/c1-10(2)9-12-7-5-6-8-13(12)11(3)14(16)15-19(4,17)18/h5-8,10-11H,9H2,1-4H3,(H,15,16)/t11-/m1/s1. The average molecular weight is 283 g/mol. The van der Waals surface area contributed by atoms with Gasteiger partial charge in [0.05, 0.1) is 12.2 Å². The van der Waals surface area contributed by atoms with Crippen LogP contribution < -0.4 is 4.72 Å². The zero-order valence-corrected chi connectivity index (χ0v) is 12.6. The molecule has 0 heterocycles. The Kier molecular flexibility index (Phi) is 5.11. The van der Waals surface area contributed by atoms with Gasteiger partial charge in [0.2, 0.25) is 15.9 Å². The smallest absolute Gasteiger partial charge is 0.240 e. The van der Waals surface area contributed by atoms with Gasteiger partial charge in [0.15, 0.2) is 0 Å². The molecule has 4 nitrogen and oxygen atoms in total. The van der Waals surface area contributed by atoms with Crippen molar-refractivity contribution in [2.24, 2.45) is 5.92 Å². The summed E-state index contributed by atoms with van der Waals surface area (Å²) in [5.41, 5.74) is 1.98. The molecule has 106 valence electrons. The monoisotopic (exact) mass is 283 g/mol. The van der Waals surface area contributed by atoms with Crippen LogP contribution in [0.15, 0.2) is 24.3 Å². The maximum Gasteiger partial charge on any atom is 0.240 e. The van der Waals surface area contributed by atoms with E-state index in [4.69, 9.17) is 0 Å². The minimum Gasteiger partial charge on any atom is -0.273 e. The van der Waals surface area contributed by atoms with E-state index in [-0.39, 0.29) is 0 Å². The van der Waals surface area contributed by atoms with Gasteiger partial charge in [0.25, 0.3) is 0 Å². The minimum atomic E-state index is -3.51. The first-order valence-corrected chi connectivity index (χ1v) is 8.19. The lowest BCUT2D eigenvalue weighted by atomic mass is 9.91. The summed E-state index contributed by atoms with van der Waals surface area (Å²) in [5, 5.41) is 0. The molecule has 1 rings (SSSR count). The van der Waals surface area contributed by atoms with Crippen LogP contribution in [-0.2, 0) is 21.2 Å². The number of sulfonamides is 1. The predicted molar refractivity (Wildman–Crippen MR) is 76.4 cm³/mol. The Hall–Kier alpha value is -1.36. The van der Waals surface area contributed by atoms with Gasteiger partial charge in [-0.2, -0.15) is 0 Å². The first-order valence-electron chi connectivity index (χ1n) is 6.30. The average Bonchev–Trinajstić information content (AvgIpc) is 2.25. The van der Waals surface area contributed by atoms with Crippen molar-refractivity contribution in [1.82, 2.24) is 4.72 Å². The van der Waals surface area contributed by atoms with Crippen molar-refractivity contribution in [2.75, 3.05) is 6.26 Å². The van der Waals surface area contributed by atoms with Crippen LogP contribution in [0.3, 0.4) is 0 Å². The second-order valence-electron chi connectivity index (χ2n) is 5.26. The normalized spacial score (nSPS) is 13.3. The first kappa shape index (κ1) is 15.7. The quantitative estimate of drug-likeness (QED) is 0.899. The molecule has 0 radical (unpaired) electrons. The highest BCUT2D eigenvalue weighted by Crippen LogP contribution is 2.22. The number of rotatable bonds is 5. The Balaban J connectivity index is 2.99. The molecule has 0 saturated heterocycles. The molecule has 1 aromatic carbocycles. The van der Waals surface area contributed by atoms with Gasteiger partial charge in [-0.05, 0) is 30.4 Å². The van der Waals surface area contributed by atoms with Gasteiger partial charge >= 0.3 is 0 Å². The summed E-state index contributed by atoms with van der Waals surface area (Å²) in [4.78, 5) is 11.9. The molecule has 0 saturated carbocycles. The van der Waals surface area contributed by atoms with Crippen molar-refractivity contribution in [2.45, 2.75) is 33.1 Å². The van der Waals surface area contributed by atoms with Crippen LogP contribution in [-0.4, -0.2) is 20.6 Å². The van der Waals surface area contributed by atoms with Gasteiger partial charge in [0.1, 0.15) is 0 Å². The molecule has 5 heteroatoms. The summed E-state index contributed by atoms with van der Waals surface area (Å²) in [6, 6.07) is 7.66. The van der Waals surface area contributed by atoms with Crippen LogP contribution in [0.2, 0.25) is 0 Å². The zero-order chi connectivity index (χ0) is 14.6. The number of amides is 1. The first-order chi connectivity index (χ1) is 8.70. The number of benzene rings is 1. The lowest BCUT2D eigenvalue weighted by molar-refractivity contribution is -0.120. The molecule has 0 spiro atoms. The fourth-order valence-electron chi connectivity index (χ4n) is 1.99. The molecule has 0 bridgehead atoms. The molecule has 1 aromatic rings. The minimum absolute atomic E-state index is 0.478. The summed E-state index contributed by atoms with van der Waals surface area (Å²) < 4.78 is 24.2. The molecule has 0 aliphatic rings. The van der Waals surface area contributed by atoms with E-state index in [1.165, 1.54) is 0 Å². The Morgan fingerprint density at radius 2 is 1.79 bits per heavy atom. The molecule has 0 unspecified atom stereocenters. The van der Waals surface area contributed by atoms with Gasteiger partial charge in [0, 0.05) is 0 Å². The number of carbonyl (C=O) groups excluding carboxylic acids is 1. The van der Waals surface area contributed by atoms with E-state index in [0.29, 0.717) is 5.92 Å². The van der Waals surface area contributed by atoms with Gasteiger partial charge in [-0.1, -0.05) is 38.1 Å².